The van der Waals surface area contributed by atoms with Crippen LogP contribution < -0.4 is 5.32 Å². The van der Waals surface area contributed by atoms with Crippen LogP contribution in [0.1, 0.15) is 11.4 Å². The summed E-state index contributed by atoms with van der Waals surface area (Å²) < 4.78 is 2.98. The molecule has 2 heterocycles. The van der Waals surface area contributed by atoms with Gasteiger partial charge in [-0.1, -0.05) is 11.6 Å². The standard InChI is InChI=1S/C19H15ClIN5/c1-11-9-12(2)26(25-11)19-18(22-15-6-4-14(21)5-7-15)23-17-10-13(20)3-8-16(17)24-19/h3-10H,1-2H3,(H,22,23). The van der Waals surface area contributed by atoms with Crippen molar-refractivity contribution in [1.82, 2.24) is 19.7 Å². The summed E-state index contributed by atoms with van der Waals surface area (Å²) in [4.78, 5) is 9.55. The molecule has 5 nitrogen and oxygen atoms in total. The van der Waals surface area contributed by atoms with Crippen molar-refractivity contribution in [1.29, 1.82) is 0 Å². The van der Waals surface area contributed by atoms with Crippen molar-refractivity contribution in [3.05, 3.63) is 68.5 Å². The van der Waals surface area contributed by atoms with Gasteiger partial charge in [-0.2, -0.15) is 5.10 Å². The Labute approximate surface area is 169 Å². The third-order valence-electron chi connectivity index (χ3n) is 3.93. The van der Waals surface area contributed by atoms with E-state index in [4.69, 9.17) is 21.6 Å². The van der Waals surface area contributed by atoms with Crippen molar-refractivity contribution in [3.63, 3.8) is 0 Å². The van der Waals surface area contributed by atoms with E-state index in [9.17, 15) is 0 Å². The van der Waals surface area contributed by atoms with Crippen molar-refractivity contribution >= 4 is 56.7 Å². The van der Waals surface area contributed by atoms with Crippen molar-refractivity contribution in [3.8, 4) is 5.82 Å². The molecular formula is C19H15ClIN5. The average Bonchev–Trinajstić information content (AvgIpc) is 2.94. The van der Waals surface area contributed by atoms with E-state index < -0.39 is 0 Å². The molecule has 0 saturated heterocycles. The van der Waals surface area contributed by atoms with Crippen molar-refractivity contribution in [2.24, 2.45) is 0 Å². The Balaban J connectivity index is 1.90. The van der Waals surface area contributed by atoms with Gasteiger partial charge in [-0.3, -0.25) is 0 Å². The molecule has 1 N–H and O–H groups in total. The van der Waals surface area contributed by atoms with Gasteiger partial charge in [-0.05, 0) is 85.0 Å². The number of aryl methyl sites for hydroxylation is 2. The van der Waals surface area contributed by atoms with E-state index in [0.717, 1.165) is 28.1 Å². The Bertz CT molecular complexity index is 1110. The molecule has 26 heavy (non-hydrogen) atoms. The zero-order valence-corrected chi connectivity index (χ0v) is 17.1. The number of nitrogens with one attached hydrogen (secondary N) is 1. The molecule has 0 aliphatic rings. The largest absolute Gasteiger partial charge is 0.337 e. The number of hydrogen-bond donors (Lipinski definition) is 1. The quantitative estimate of drug-likeness (QED) is 0.401. The van der Waals surface area contributed by atoms with Crippen LogP contribution in [0.3, 0.4) is 0 Å². The van der Waals surface area contributed by atoms with Crippen molar-refractivity contribution in [2.75, 3.05) is 5.32 Å². The van der Waals surface area contributed by atoms with Gasteiger partial charge in [-0.25, -0.2) is 14.6 Å². The molecule has 0 aliphatic carbocycles. The highest BCUT2D eigenvalue weighted by atomic mass is 127. The summed E-state index contributed by atoms with van der Waals surface area (Å²) in [6.07, 6.45) is 0. The van der Waals surface area contributed by atoms with E-state index in [2.05, 4.69) is 33.0 Å². The van der Waals surface area contributed by atoms with Crippen molar-refractivity contribution in [2.45, 2.75) is 13.8 Å². The highest BCUT2D eigenvalue weighted by Gasteiger charge is 2.15. The first-order chi connectivity index (χ1) is 12.5. The fourth-order valence-electron chi connectivity index (χ4n) is 2.76. The highest BCUT2D eigenvalue weighted by Crippen LogP contribution is 2.26. The van der Waals surface area contributed by atoms with Gasteiger partial charge in [0.15, 0.2) is 11.6 Å². The van der Waals surface area contributed by atoms with Gasteiger partial charge in [-0.15, -0.1) is 0 Å². The lowest BCUT2D eigenvalue weighted by Gasteiger charge is -2.13. The van der Waals surface area contributed by atoms with Gasteiger partial charge in [0, 0.05) is 20.0 Å². The van der Waals surface area contributed by atoms with Gasteiger partial charge in [0.05, 0.1) is 16.7 Å². The summed E-state index contributed by atoms with van der Waals surface area (Å²) >= 11 is 8.41. The summed E-state index contributed by atoms with van der Waals surface area (Å²) in [7, 11) is 0. The first-order valence-corrected chi connectivity index (χ1v) is 9.49. The number of rotatable bonds is 3. The second-order valence-electron chi connectivity index (χ2n) is 6.00. The minimum Gasteiger partial charge on any atom is -0.337 e. The van der Waals surface area contributed by atoms with E-state index >= 15 is 0 Å². The molecule has 0 saturated carbocycles. The van der Waals surface area contributed by atoms with E-state index in [1.165, 1.54) is 3.57 Å². The summed E-state index contributed by atoms with van der Waals surface area (Å²) in [5.74, 6) is 1.29. The van der Waals surface area contributed by atoms with Gasteiger partial charge in [0.25, 0.3) is 0 Å². The molecule has 4 rings (SSSR count). The van der Waals surface area contributed by atoms with Crippen LogP contribution >= 0.6 is 34.2 Å². The fourth-order valence-corrected chi connectivity index (χ4v) is 3.29. The molecule has 2 aromatic carbocycles. The Hall–Kier alpha value is -2.19. The number of benzene rings is 2. The molecule has 0 radical (unpaired) electrons. The number of aromatic nitrogens is 4. The van der Waals surface area contributed by atoms with E-state index in [0.29, 0.717) is 16.7 Å². The van der Waals surface area contributed by atoms with Crippen LogP contribution in [0.4, 0.5) is 11.5 Å². The zero-order chi connectivity index (χ0) is 18.3. The minimum absolute atomic E-state index is 0.630. The molecule has 4 aromatic rings. The molecule has 130 valence electrons. The Morgan fingerprint density at radius 3 is 2.42 bits per heavy atom. The van der Waals surface area contributed by atoms with E-state index in [1.54, 1.807) is 0 Å². The Kier molecular flexibility index (Phi) is 4.54. The molecule has 0 amide bonds. The van der Waals surface area contributed by atoms with E-state index in [-0.39, 0.29) is 0 Å². The van der Waals surface area contributed by atoms with Crippen LogP contribution in [0.25, 0.3) is 16.9 Å². The van der Waals surface area contributed by atoms with Crippen LogP contribution in [-0.2, 0) is 0 Å². The third kappa shape index (κ3) is 3.39. The van der Waals surface area contributed by atoms with Crippen LogP contribution in [0.2, 0.25) is 5.02 Å². The molecule has 2 aromatic heterocycles. The smallest absolute Gasteiger partial charge is 0.197 e. The fraction of sp³-hybridized carbons (Fsp3) is 0.105. The van der Waals surface area contributed by atoms with Crippen molar-refractivity contribution < 1.29 is 0 Å². The second-order valence-corrected chi connectivity index (χ2v) is 7.68. The molecule has 0 unspecified atom stereocenters. The predicted octanol–water partition coefficient (Wildman–Crippen LogP) is 5.43. The number of nitrogens with zero attached hydrogens (tertiary/aromatic N) is 4. The maximum Gasteiger partial charge on any atom is 0.197 e. The molecule has 0 fully saturated rings. The topological polar surface area (TPSA) is 55.6 Å². The van der Waals surface area contributed by atoms with Crippen LogP contribution in [-0.4, -0.2) is 19.7 Å². The average molecular weight is 476 g/mol. The first-order valence-electron chi connectivity index (χ1n) is 8.03. The maximum absolute atomic E-state index is 6.13. The number of halogens is 2. The molecule has 0 spiro atoms. The maximum atomic E-state index is 6.13. The monoisotopic (exact) mass is 475 g/mol. The van der Waals surface area contributed by atoms with Gasteiger partial charge >= 0.3 is 0 Å². The predicted molar refractivity (Wildman–Crippen MR) is 114 cm³/mol. The molecule has 7 heteroatoms. The van der Waals surface area contributed by atoms with E-state index in [1.807, 2.05) is 67.1 Å². The summed E-state index contributed by atoms with van der Waals surface area (Å²) in [5.41, 5.74) is 4.36. The molecule has 0 aliphatic heterocycles. The SMILES string of the molecule is Cc1cc(C)n(-c2nc3ccc(Cl)cc3nc2Nc2ccc(I)cc2)n1. The summed E-state index contributed by atoms with van der Waals surface area (Å²) in [6, 6.07) is 15.6. The minimum atomic E-state index is 0.630. The summed E-state index contributed by atoms with van der Waals surface area (Å²) in [5, 5.41) is 8.56. The Morgan fingerprint density at radius 1 is 0.962 bits per heavy atom. The van der Waals surface area contributed by atoms with Gasteiger partial charge in [0.2, 0.25) is 0 Å². The molecule has 0 bridgehead atoms. The van der Waals surface area contributed by atoms with Crippen LogP contribution in [0, 0.1) is 17.4 Å². The van der Waals surface area contributed by atoms with Crippen LogP contribution in [0.5, 0.6) is 0 Å². The number of anilines is 2. The number of fused-ring (bicyclic) bond motifs is 1. The third-order valence-corrected chi connectivity index (χ3v) is 4.88. The normalized spacial score (nSPS) is 11.1. The zero-order valence-electron chi connectivity index (χ0n) is 14.2. The van der Waals surface area contributed by atoms with Gasteiger partial charge < -0.3 is 5.32 Å². The molecule has 0 atom stereocenters. The van der Waals surface area contributed by atoms with Gasteiger partial charge in [0.1, 0.15) is 0 Å². The molecular weight excluding hydrogens is 461 g/mol. The lowest BCUT2D eigenvalue weighted by Crippen LogP contribution is -2.08. The first kappa shape index (κ1) is 17.2. The second kappa shape index (κ2) is 6.85. The Morgan fingerprint density at radius 2 is 1.73 bits per heavy atom. The lowest BCUT2D eigenvalue weighted by atomic mass is 10.3. The highest BCUT2D eigenvalue weighted by molar-refractivity contribution is 14.1. The lowest BCUT2D eigenvalue weighted by molar-refractivity contribution is 0.808. The van der Waals surface area contributed by atoms with Crippen LogP contribution in [0.15, 0.2) is 48.5 Å². The summed E-state index contributed by atoms with van der Waals surface area (Å²) in [6.45, 7) is 3.96. The number of hydrogen-bond acceptors (Lipinski definition) is 4.